The maximum Gasteiger partial charge on any atom is 0.335 e. The lowest BCUT2D eigenvalue weighted by molar-refractivity contribution is 0.0696. The fraction of sp³-hybridized carbons (Fsp3) is 0.500. The van der Waals surface area contributed by atoms with Crippen molar-refractivity contribution < 1.29 is 19.8 Å². The molecular weight excluding hydrogens is 304 g/mol. The minimum Gasteiger partial charge on any atom is -0.478 e. The highest BCUT2D eigenvalue weighted by molar-refractivity contribution is 5.96. The maximum absolute atomic E-state index is 10.6. The Bertz CT molecular complexity index is 488. The van der Waals surface area contributed by atoms with E-state index < -0.39 is 11.9 Å². The van der Waals surface area contributed by atoms with Crippen LogP contribution in [-0.2, 0) is 0 Å². The summed E-state index contributed by atoms with van der Waals surface area (Å²) in [6, 6.07) is 4.17. The lowest BCUT2D eigenvalue weighted by Gasteiger charge is -2.03. The van der Waals surface area contributed by atoms with Crippen molar-refractivity contribution in [3.8, 4) is 0 Å². The Morgan fingerprint density at radius 1 is 0.958 bits per heavy atom. The third-order valence-electron chi connectivity index (χ3n) is 3.81. The molecule has 0 saturated heterocycles. The van der Waals surface area contributed by atoms with Gasteiger partial charge in [0.05, 0.1) is 11.1 Å². The standard InChI is InChI=1S/C11H22.C9H8O4/c1-3-5-7-9-11-10-8-6-4-2;1-5-6(8(10)11)3-2-4-7(5)9(12)13/h3H,1,4-11H2,2H3;2-4H,1H3,(H,10,11)(H,12,13). The van der Waals surface area contributed by atoms with Gasteiger partial charge in [0.1, 0.15) is 0 Å². The molecule has 0 fully saturated rings. The molecule has 1 rings (SSSR count). The van der Waals surface area contributed by atoms with Crippen molar-refractivity contribution >= 4 is 11.9 Å². The molecule has 0 radical (unpaired) electrons. The maximum atomic E-state index is 10.6. The predicted octanol–water partition coefficient (Wildman–Crippen LogP) is 5.70. The lowest BCUT2D eigenvalue weighted by atomic mass is 10.0. The molecule has 24 heavy (non-hydrogen) atoms. The van der Waals surface area contributed by atoms with Gasteiger partial charge in [-0.1, -0.05) is 57.6 Å². The van der Waals surface area contributed by atoms with Gasteiger partial charge in [0.15, 0.2) is 0 Å². The third kappa shape index (κ3) is 9.13. The highest BCUT2D eigenvalue weighted by atomic mass is 16.4. The summed E-state index contributed by atoms with van der Waals surface area (Å²) in [5.41, 5.74) is 0.335. The van der Waals surface area contributed by atoms with E-state index in [2.05, 4.69) is 13.5 Å². The molecular formula is C20H30O4. The molecule has 0 spiro atoms. The molecule has 1 aromatic rings. The van der Waals surface area contributed by atoms with Gasteiger partial charge >= 0.3 is 11.9 Å². The van der Waals surface area contributed by atoms with Gasteiger partial charge in [0.25, 0.3) is 0 Å². The number of aromatic carboxylic acids is 2. The summed E-state index contributed by atoms with van der Waals surface area (Å²) >= 11 is 0. The van der Waals surface area contributed by atoms with Crippen LogP contribution in [0.25, 0.3) is 0 Å². The third-order valence-corrected chi connectivity index (χ3v) is 3.81. The highest BCUT2D eigenvalue weighted by Crippen LogP contribution is 2.13. The molecule has 0 heterocycles. The molecule has 0 aliphatic carbocycles. The molecule has 4 heteroatoms. The van der Waals surface area contributed by atoms with Crippen molar-refractivity contribution in [1.29, 1.82) is 0 Å². The van der Waals surface area contributed by atoms with Crippen molar-refractivity contribution in [2.75, 3.05) is 0 Å². The zero-order valence-corrected chi connectivity index (χ0v) is 14.9. The fourth-order valence-electron chi connectivity index (χ4n) is 2.34. The number of unbranched alkanes of at least 4 members (excludes halogenated alkanes) is 7. The van der Waals surface area contributed by atoms with Crippen LogP contribution < -0.4 is 0 Å². The molecule has 0 unspecified atom stereocenters. The molecule has 0 atom stereocenters. The van der Waals surface area contributed by atoms with Crippen LogP contribution in [0.4, 0.5) is 0 Å². The van der Waals surface area contributed by atoms with Crippen LogP contribution >= 0.6 is 0 Å². The summed E-state index contributed by atoms with van der Waals surface area (Å²) < 4.78 is 0. The van der Waals surface area contributed by atoms with E-state index in [-0.39, 0.29) is 16.7 Å². The monoisotopic (exact) mass is 334 g/mol. The van der Waals surface area contributed by atoms with Crippen LogP contribution in [0, 0.1) is 6.92 Å². The summed E-state index contributed by atoms with van der Waals surface area (Å²) in [7, 11) is 0. The first kappa shape index (κ1) is 21.9. The zero-order chi connectivity index (χ0) is 18.4. The van der Waals surface area contributed by atoms with E-state index in [1.54, 1.807) is 0 Å². The van der Waals surface area contributed by atoms with E-state index in [4.69, 9.17) is 10.2 Å². The second-order valence-corrected chi connectivity index (χ2v) is 5.79. The molecule has 0 aliphatic rings. The van der Waals surface area contributed by atoms with Gasteiger partial charge in [0, 0.05) is 0 Å². The SMILES string of the molecule is C=CCCCCCCCCC.Cc1c(C(=O)O)cccc1C(=O)O. The van der Waals surface area contributed by atoms with Gasteiger partial charge in [-0.2, -0.15) is 0 Å². The quantitative estimate of drug-likeness (QED) is 0.425. The minimum absolute atomic E-state index is 0.0277. The number of rotatable bonds is 10. The lowest BCUT2D eigenvalue weighted by Crippen LogP contribution is -2.06. The predicted molar refractivity (Wildman–Crippen MR) is 97.9 cm³/mol. The Labute approximate surface area is 145 Å². The molecule has 0 saturated carbocycles. The minimum atomic E-state index is -1.11. The smallest absolute Gasteiger partial charge is 0.335 e. The highest BCUT2D eigenvalue weighted by Gasteiger charge is 2.13. The second-order valence-electron chi connectivity index (χ2n) is 5.79. The average Bonchev–Trinajstić information content (AvgIpc) is 2.54. The van der Waals surface area contributed by atoms with Crippen LogP contribution in [-0.4, -0.2) is 22.2 Å². The Balaban J connectivity index is 0.000000449. The Hall–Kier alpha value is -2.10. The van der Waals surface area contributed by atoms with Crippen molar-refractivity contribution in [2.24, 2.45) is 0 Å². The number of carboxylic acids is 2. The van der Waals surface area contributed by atoms with Crippen LogP contribution in [0.5, 0.6) is 0 Å². The number of hydrogen-bond donors (Lipinski definition) is 2. The van der Waals surface area contributed by atoms with E-state index in [9.17, 15) is 9.59 Å². The number of carboxylic acid groups (broad SMARTS) is 2. The fourth-order valence-corrected chi connectivity index (χ4v) is 2.34. The molecule has 4 nitrogen and oxygen atoms in total. The van der Waals surface area contributed by atoms with Gasteiger partial charge in [-0.05, 0) is 37.5 Å². The summed E-state index contributed by atoms with van der Waals surface area (Å²) in [5.74, 6) is -2.22. The molecule has 0 aliphatic heterocycles. The molecule has 0 bridgehead atoms. The van der Waals surface area contributed by atoms with E-state index in [0.29, 0.717) is 0 Å². The number of allylic oxidation sites excluding steroid dienone is 1. The molecule has 134 valence electrons. The summed E-state index contributed by atoms with van der Waals surface area (Å²) in [4.78, 5) is 21.2. The topological polar surface area (TPSA) is 74.6 Å². The molecule has 2 N–H and O–H groups in total. The first-order valence-corrected chi connectivity index (χ1v) is 8.62. The first-order chi connectivity index (χ1) is 11.5. The van der Waals surface area contributed by atoms with Gasteiger partial charge in [-0.3, -0.25) is 0 Å². The van der Waals surface area contributed by atoms with Crippen molar-refractivity contribution in [3.05, 3.63) is 47.5 Å². The number of hydrogen-bond acceptors (Lipinski definition) is 2. The van der Waals surface area contributed by atoms with Gasteiger partial charge in [0.2, 0.25) is 0 Å². The van der Waals surface area contributed by atoms with Crippen LogP contribution in [0.15, 0.2) is 30.9 Å². The Morgan fingerprint density at radius 3 is 1.83 bits per heavy atom. The average molecular weight is 334 g/mol. The van der Waals surface area contributed by atoms with Crippen molar-refractivity contribution in [2.45, 2.75) is 65.2 Å². The van der Waals surface area contributed by atoms with E-state index in [0.717, 1.165) is 0 Å². The number of carbonyl (C=O) groups is 2. The van der Waals surface area contributed by atoms with E-state index >= 15 is 0 Å². The Morgan fingerprint density at radius 2 is 1.42 bits per heavy atom. The molecule has 1 aromatic carbocycles. The van der Waals surface area contributed by atoms with Crippen LogP contribution in [0.3, 0.4) is 0 Å². The largest absolute Gasteiger partial charge is 0.478 e. The van der Waals surface area contributed by atoms with E-state index in [1.165, 1.54) is 76.5 Å². The summed E-state index contributed by atoms with van der Waals surface area (Å²) in [6.45, 7) is 7.45. The summed E-state index contributed by atoms with van der Waals surface area (Å²) in [5, 5.41) is 17.4. The molecule has 0 aromatic heterocycles. The van der Waals surface area contributed by atoms with Crippen LogP contribution in [0.2, 0.25) is 0 Å². The van der Waals surface area contributed by atoms with Gasteiger partial charge in [-0.15, -0.1) is 6.58 Å². The summed E-state index contributed by atoms with van der Waals surface area (Å²) in [6.07, 6.45) is 13.0. The molecule has 0 amide bonds. The van der Waals surface area contributed by atoms with Gasteiger partial charge in [-0.25, -0.2) is 9.59 Å². The number of benzene rings is 1. The van der Waals surface area contributed by atoms with Crippen LogP contribution in [0.1, 0.15) is 84.6 Å². The van der Waals surface area contributed by atoms with E-state index in [1.807, 2.05) is 6.08 Å². The van der Waals surface area contributed by atoms with Crippen molar-refractivity contribution in [3.63, 3.8) is 0 Å². The van der Waals surface area contributed by atoms with Gasteiger partial charge < -0.3 is 10.2 Å². The van der Waals surface area contributed by atoms with Crippen molar-refractivity contribution in [1.82, 2.24) is 0 Å². The first-order valence-electron chi connectivity index (χ1n) is 8.62. The second kappa shape index (κ2) is 13.3. The normalized spacial score (nSPS) is 9.75. The Kier molecular flexibility index (Phi) is 12.2. The zero-order valence-electron chi connectivity index (χ0n) is 14.9.